The van der Waals surface area contributed by atoms with Crippen LogP contribution in [0.15, 0.2) is 36.5 Å². The minimum Gasteiger partial charge on any atom is -0.457 e. The Balaban J connectivity index is 2.25. The predicted octanol–water partition coefficient (Wildman–Crippen LogP) is 2.33. The van der Waals surface area contributed by atoms with Gasteiger partial charge in [0.05, 0.1) is 5.02 Å². The number of carbonyl (C=O) groups is 2. The highest BCUT2D eigenvalue weighted by molar-refractivity contribution is 6.41. The number of nitrogens with zero attached hydrogens (tertiary/aromatic N) is 1. The summed E-state index contributed by atoms with van der Waals surface area (Å²) in [4.78, 5) is 25.9. The quantitative estimate of drug-likeness (QED) is 0.693. The topological polar surface area (TPSA) is 82.3 Å². The molecule has 0 saturated carbocycles. The highest BCUT2D eigenvalue weighted by Gasteiger charge is 2.14. The summed E-state index contributed by atoms with van der Waals surface area (Å²) in [7, 11) is 0. The molecular formula is C13H8ClFN2O3. The van der Waals surface area contributed by atoms with E-state index in [4.69, 9.17) is 22.1 Å². The summed E-state index contributed by atoms with van der Waals surface area (Å²) in [6, 6.07) is 6.58. The lowest BCUT2D eigenvalue weighted by atomic mass is 10.2. The Morgan fingerprint density at radius 1 is 1.20 bits per heavy atom. The molecule has 0 atom stereocenters. The number of ether oxygens (including phenoxy) is 1. The van der Waals surface area contributed by atoms with Gasteiger partial charge in [-0.3, -0.25) is 14.6 Å². The lowest BCUT2D eigenvalue weighted by molar-refractivity contribution is -0.114. The molecule has 0 spiro atoms. The molecule has 0 aliphatic rings. The van der Waals surface area contributed by atoms with Gasteiger partial charge >= 0.3 is 0 Å². The van der Waals surface area contributed by atoms with E-state index < -0.39 is 17.5 Å². The van der Waals surface area contributed by atoms with Crippen LogP contribution in [0.25, 0.3) is 0 Å². The third-order valence-corrected chi connectivity index (χ3v) is 2.62. The lowest BCUT2D eigenvalue weighted by Crippen LogP contribution is -2.23. The van der Waals surface area contributed by atoms with Gasteiger partial charge in [0.15, 0.2) is 0 Å². The van der Waals surface area contributed by atoms with E-state index in [1.807, 2.05) is 0 Å². The van der Waals surface area contributed by atoms with Crippen LogP contribution in [-0.2, 0) is 4.79 Å². The fraction of sp³-hybridized carbons (Fsp3) is 0. The van der Waals surface area contributed by atoms with Crippen LogP contribution < -0.4 is 10.5 Å². The summed E-state index contributed by atoms with van der Waals surface area (Å²) in [5.41, 5.74) is 4.72. The number of aromatic nitrogens is 1. The van der Waals surface area contributed by atoms with Crippen LogP contribution in [0.3, 0.4) is 0 Å². The van der Waals surface area contributed by atoms with E-state index in [0.29, 0.717) is 0 Å². The molecule has 102 valence electrons. The van der Waals surface area contributed by atoms with Crippen molar-refractivity contribution in [2.45, 2.75) is 0 Å². The molecule has 0 fully saturated rings. The van der Waals surface area contributed by atoms with Gasteiger partial charge in [0.2, 0.25) is 0 Å². The van der Waals surface area contributed by atoms with Crippen LogP contribution in [0.1, 0.15) is 10.5 Å². The van der Waals surface area contributed by atoms with Crippen molar-refractivity contribution in [3.63, 3.8) is 0 Å². The molecule has 2 rings (SSSR count). The number of amides is 1. The highest BCUT2D eigenvalue weighted by atomic mass is 35.5. The smallest absolute Gasteiger partial charge is 0.291 e. The van der Waals surface area contributed by atoms with E-state index in [0.717, 1.165) is 6.07 Å². The Morgan fingerprint density at radius 2 is 1.90 bits per heavy atom. The van der Waals surface area contributed by atoms with Crippen molar-refractivity contribution in [3.8, 4) is 11.5 Å². The molecule has 0 saturated heterocycles. The third-order valence-electron chi connectivity index (χ3n) is 2.31. The zero-order chi connectivity index (χ0) is 14.7. The first kappa shape index (κ1) is 14.0. The maximum absolute atomic E-state index is 13.3. The van der Waals surface area contributed by atoms with Crippen LogP contribution >= 0.6 is 11.6 Å². The van der Waals surface area contributed by atoms with E-state index >= 15 is 0 Å². The second-order valence-corrected chi connectivity index (χ2v) is 4.16. The molecule has 1 heterocycles. The molecular weight excluding hydrogens is 287 g/mol. The Hall–Kier alpha value is -2.47. The monoisotopic (exact) mass is 294 g/mol. The SMILES string of the molecule is NC(=O)C(=O)c1cc(Oc2ccc(Cl)c(F)c2)ccn1. The van der Waals surface area contributed by atoms with Gasteiger partial charge in [-0.05, 0) is 18.2 Å². The number of benzene rings is 1. The number of pyridine rings is 1. The van der Waals surface area contributed by atoms with Crippen molar-refractivity contribution in [3.05, 3.63) is 53.1 Å². The normalized spacial score (nSPS) is 10.1. The molecule has 20 heavy (non-hydrogen) atoms. The Bertz CT molecular complexity index is 691. The molecule has 2 N–H and O–H groups in total. The first-order valence-electron chi connectivity index (χ1n) is 5.40. The van der Waals surface area contributed by atoms with Crippen molar-refractivity contribution in [1.82, 2.24) is 4.98 Å². The lowest BCUT2D eigenvalue weighted by Gasteiger charge is -2.06. The van der Waals surface area contributed by atoms with Gasteiger partial charge in [0, 0.05) is 18.3 Å². The average Bonchev–Trinajstić information content (AvgIpc) is 2.42. The number of hydrogen-bond acceptors (Lipinski definition) is 4. The molecule has 0 aliphatic carbocycles. The van der Waals surface area contributed by atoms with Crippen molar-refractivity contribution >= 4 is 23.3 Å². The Labute approximate surface area is 118 Å². The van der Waals surface area contributed by atoms with E-state index in [1.54, 1.807) is 0 Å². The first-order chi connectivity index (χ1) is 9.47. The fourth-order valence-corrected chi connectivity index (χ4v) is 1.52. The van der Waals surface area contributed by atoms with E-state index in [2.05, 4.69) is 4.98 Å². The van der Waals surface area contributed by atoms with Crippen molar-refractivity contribution in [2.24, 2.45) is 5.73 Å². The van der Waals surface area contributed by atoms with Gasteiger partial charge in [0.1, 0.15) is 23.0 Å². The molecule has 7 heteroatoms. The molecule has 1 aromatic carbocycles. The Morgan fingerprint density at radius 3 is 2.55 bits per heavy atom. The number of rotatable bonds is 4. The number of ketones is 1. The van der Waals surface area contributed by atoms with Gasteiger partial charge in [0.25, 0.3) is 11.7 Å². The molecule has 1 aromatic heterocycles. The van der Waals surface area contributed by atoms with E-state index in [9.17, 15) is 14.0 Å². The summed E-state index contributed by atoms with van der Waals surface area (Å²) in [6.45, 7) is 0. The number of primary amides is 1. The minimum absolute atomic E-state index is 0.0309. The van der Waals surface area contributed by atoms with Crippen molar-refractivity contribution < 1.29 is 18.7 Å². The van der Waals surface area contributed by atoms with Crippen molar-refractivity contribution in [1.29, 1.82) is 0 Å². The van der Waals surface area contributed by atoms with Gasteiger partial charge < -0.3 is 10.5 Å². The molecule has 1 amide bonds. The van der Waals surface area contributed by atoms with Crippen LogP contribution in [0.4, 0.5) is 4.39 Å². The number of carbonyl (C=O) groups excluding carboxylic acids is 2. The summed E-state index contributed by atoms with van der Waals surface area (Å²) in [6.07, 6.45) is 1.28. The van der Waals surface area contributed by atoms with Crippen LogP contribution in [-0.4, -0.2) is 16.7 Å². The molecule has 0 aliphatic heterocycles. The highest BCUT2D eigenvalue weighted by Crippen LogP contribution is 2.25. The van der Waals surface area contributed by atoms with E-state index in [-0.39, 0.29) is 22.2 Å². The predicted molar refractivity (Wildman–Crippen MR) is 69.2 cm³/mol. The van der Waals surface area contributed by atoms with Crippen LogP contribution in [0, 0.1) is 5.82 Å². The number of hydrogen-bond donors (Lipinski definition) is 1. The van der Waals surface area contributed by atoms with Gasteiger partial charge in [-0.15, -0.1) is 0 Å². The zero-order valence-corrected chi connectivity index (χ0v) is 10.7. The van der Waals surface area contributed by atoms with Gasteiger partial charge in [-0.25, -0.2) is 4.39 Å². The van der Waals surface area contributed by atoms with E-state index in [1.165, 1.54) is 30.5 Å². The molecule has 5 nitrogen and oxygen atoms in total. The minimum atomic E-state index is -1.12. The molecule has 0 radical (unpaired) electrons. The molecule has 0 unspecified atom stereocenters. The fourth-order valence-electron chi connectivity index (χ4n) is 1.40. The third kappa shape index (κ3) is 3.10. The first-order valence-corrected chi connectivity index (χ1v) is 5.78. The summed E-state index contributed by atoms with van der Waals surface area (Å²) in [5.74, 6) is -2.28. The van der Waals surface area contributed by atoms with Crippen LogP contribution in [0.5, 0.6) is 11.5 Å². The average molecular weight is 295 g/mol. The number of nitrogens with two attached hydrogens (primary N) is 1. The summed E-state index contributed by atoms with van der Waals surface area (Å²) < 4.78 is 18.6. The maximum atomic E-state index is 13.3. The second kappa shape index (κ2) is 5.66. The standard InChI is InChI=1S/C13H8ClFN2O3/c14-9-2-1-7(5-10(9)15)20-8-3-4-17-11(6-8)12(18)13(16)19/h1-6H,(H2,16,19). The molecule has 2 aromatic rings. The summed E-state index contributed by atoms with van der Waals surface area (Å²) in [5, 5.41) is -0.0309. The van der Waals surface area contributed by atoms with Crippen LogP contribution in [0.2, 0.25) is 5.02 Å². The zero-order valence-electron chi connectivity index (χ0n) is 9.97. The van der Waals surface area contributed by atoms with Crippen molar-refractivity contribution in [2.75, 3.05) is 0 Å². The Kier molecular flexibility index (Phi) is 3.95. The van der Waals surface area contributed by atoms with Gasteiger partial charge in [-0.1, -0.05) is 11.6 Å². The molecule has 0 bridgehead atoms. The maximum Gasteiger partial charge on any atom is 0.291 e. The summed E-state index contributed by atoms with van der Waals surface area (Å²) >= 11 is 5.55. The van der Waals surface area contributed by atoms with Gasteiger partial charge in [-0.2, -0.15) is 0 Å². The largest absolute Gasteiger partial charge is 0.457 e. The second-order valence-electron chi connectivity index (χ2n) is 3.75. The number of halogens is 2. The number of Topliss-reactive ketones (excluding diaryl/α,β-unsaturated/α-hetero) is 1.